The number of amides is 1. The molecule has 224 valence electrons. The number of ketones is 1. The van der Waals surface area contributed by atoms with Crippen LogP contribution >= 0.6 is 0 Å². The van der Waals surface area contributed by atoms with Crippen molar-refractivity contribution in [3.05, 3.63) is 35.3 Å². The minimum Gasteiger partial charge on any atom is -0.473 e. The zero-order valence-corrected chi connectivity index (χ0v) is 25.1. The first-order chi connectivity index (χ1) is 20.2. The molecular weight excluding hydrogens is 534 g/mol. The summed E-state index contributed by atoms with van der Waals surface area (Å²) in [7, 11) is 2.12. The maximum atomic E-state index is 13.2. The molecule has 1 spiro atoms. The van der Waals surface area contributed by atoms with Gasteiger partial charge in [-0.1, -0.05) is 11.6 Å². The van der Waals surface area contributed by atoms with Crippen molar-refractivity contribution in [1.82, 2.24) is 35.1 Å². The molecule has 1 saturated heterocycles. The summed E-state index contributed by atoms with van der Waals surface area (Å²) < 4.78 is 14.1. The third-order valence-electron chi connectivity index (χ3n) is 9.04. The summed E-state index contributed by atoms with van der Waals surface area (Å²) in [6.45, 7) is 6.98. The maximum Gasteiger partial charge on any atom is 0.226 e. The lowest BCUT2D eigenvalue weighted by atomic mass is 9.64. The number of hydrogen-bond acceptors (Lipinski definition) is 9. The number of ether oxygens (including phenoxy) is 1. The summed E-state index contributed by atoms with van der Waals surface area (Å²) in [6, 6.07) is 3.94. The van der Waals surface area contributed by atoms with E-state index in [2.05, 4.69) is 34.4 Å². The maximum absolute atomic E-state index is 13.2. The Morgan fingerprint density at radius 3 is 2.76 bits per heavy atom. The van der Waals surface area contributed by atoms with E-state index in [1.165, 1.54) is 0 Å². The van der Waals surface area contributed by atoms with Crippen LogP contribution in [0.3, 0.4) is 0 Å². The second-order valence-electron chi connectivity index (χ2n) is 12.5. The van der Waals surface area contributed by atoms with Crippen LogP contribution in [0.4, 0.5) is 0 Å². The van der Waals surface area contributed by atoms with Gasteiger partial charge in [0.25, 0.3) is 0 Å². The van der Waals surface area contributed by atoms with Crippen LogP contribution in [-0.2, 0) is 27.8 Å². The van der Waals surface area contributed by atoms with Gasteiger partial charge in [-0.2, -0.15) is 10.1 Å². The molecule has 0 radical (unpaired) electrons. The number of Topliss-reactive ketones (excluding diaryl/α,β-unsaturated/α-hetero) is 1. The van der Waals surface area contributed by atoms with Crippen molar-refractivity contribution in [2.24, 2.45) is 0 Å². The fraction of sp³-hybridized carbons (Fsp3) is 0.613. The molecule has 1 amide bonds. The standard InChI is InChI=1S/C31H41N7O4/c1-19(2)32-26(40)17-21-12-16-38(35-21)25-18-27(41-20(3)23-10-8-15-37(23)4)34-30(33-25)28-22-9-7-14-31(29(22)42-36-28)13-6-5-11-24(31)39/h12,16,18-20,23H,5-11,13-15,17H2,1-4H3,(H,32,40)/t20-,23-,31+/m0/s1. The fourth-order valence-electron chi connectivity index (χ4n) is 6.98. The molecular formula is C31H41N7O4. The van der Waals surface area contributed by atoms with Gasteiger partial charge in [-0.25, -0.2) is 9.67 Å². The van der Waals surface area contributed by atoms with E-state index in [0.717, 1.165) is 63.5 Å². The summed E-state index contributed by atoms with van der Waals surface area (Å²) in [5.41, 5.74) is 1.54. The summed E-state index contributed by atoms with van der Waals surface area (Å²) in [4.78, 5) is 37.5. The van der Waals surface area contributed by atoms with Crippen molar-refractivity contribution in [1.29, 1.82) is 0 Å². The number of hydrogen-bond donors (Lipinski definition) is 1. The molecule has 3 aromatic rings. The van der Waals surface area contributed by atoms with Crippen LogP contribution in [0.2, 0.25) is 0 Å². The van der Waals surface area contributed by atoms with E-state index in [4.69, 9.17) is 19.2 Å². The number of rotatable bonds is 8. The Kier molecular flexibility index (Phi) is 7.87. The molecule has 1 aliphatic heterocycles. The Balaban J connectivity index is 1.37. The van der Waals surface area contributed by atoms with Gasteiger partial charge >= 0.3 is 0 Å². The quantitative estimate of drug-likeness (QED) is 0.424. The Hall–Kier alpha value is -3.60. The molecule has 0 bridgehead atoms. The van der Waals surface area contributed by atoms with Crippen molar-refractivity contribution in [3.8, 4) is 23.2 Å². The third kappa shape index (κ3) is 5.46. The highest BCUT2D eigenvalue weighted by Crippen LogP contribution is 2.47. The van der Waals surface area contributed by atoms with E-state index in [9.17, 15) is 9.59 Å². The lowest BCUT2D eigenvalue weighted by Crippen LogP contribution is -2.41. The highest BCUT2D eigenvalue weighted by atomic mass is 16.5. The molecule has 11 heteroatoms. The SMILES string of the molecule is CC(C)NC(=O)Cc1ccn(-c2cc(O[C@@H](C)[C@@H]3CCCN3C)nc(-c3noc4c3CCC[C@@]43CCCCC3=O)n2)n1. The molecule has 2 fully saturated rings. The molecule has 0 aromatic carbocycles. The van der Waals surface area contributed by atoms with E-state index in [-0.39, 0.29) is 30.3 Å². The van der Waals surface area contributed by atoms with Crippen LogP contribution in [0, 0.1) is 0 Å². The van der Waals surface area contributed by atoms with Crippen LogP contribution in [-0.4, -0.2) is 73.3 Å². The Morgan fingerprint density at radius 2 is 2.00 bits per heavy atom. The molecule has 3 atom stereocenters. The zero-order chi connectivity index (χ0) is 29.4. The largest absolute Gasteiger partial charge is 0.473 e. The van der Waals surface area contributed by atoms with Gasteiger partial charge in [0.05, 0.1) is 17.5 Å². The monoisotopic (exact) mass is 575 g/mol. The van der Waals surface area contributed by atoms with E-state index >= 15 is 0 Å². The predicted molar refractivity (Wildman–Crippen MR) is 155 cm³/mol. The minimum absolute atomic E-state index is 0.0565. The highest BCUT2D eigenvalue weighted by Gasteiger charge is 2.48. The minimum atomic E-state index is -0.580. The second-order valence-corrected chi connectivity index (χ2v) is 12.5. The lowest BCUT2D eigenvalue weighted by molar-refractivity contribution is -0.128. The normalized spacial score (nSPS) is 23.4. The number of carbonyl (C=O) groups excluding carboxylic acids is 2. The van der Waals surface area contributed by atoms with Crippen molar-refractivity contribution in [3.63, 3.8) is 0 Å². The number of likely N-dealkylation sites (tertiary alicyclic amines) is 1. The van der Waals surface area contributed by atoms with Crippen LogP contribution < -0.4 is 10.1 Å². The third-order valence-corrected chi connectivity index (χ3v) is 9.04. The lowest BCUT2D eigenvalue weighted by Gasteiger charge is -2.36. The smallest absolute Gasteiger partial charge is 0.226 e. The van der Waals surface area contributed by atoms with Gasteiger partial charge in [-0.15, -0.1) is 0 Å². The van der Waals surface area contributed by atoms with Crippen LogP contribution in [0.25, 0.3) is 17.3 Å². The van der Waals surface area contributed by atoms with Crippen LogP contribution in [0.15, 0.2) is 22.9 Å². The molecule has 3 aliphatic rings. The summed E-state index contributed by atoms with van der Waals surface area (Å²) in [5, 5.41) is 12.0. The summed E-state index contributed by atoms with van der Waals surface area (Å²) in [6.07, 6.45) is 9.86. The first kappa shape index (κ1) is 28.5. The topological polar surface area (TPSA) is 128 Å². The van der Waals surface area contributed by atoms with Crippen molar-refractivity contribution < 1.29 is 18.8 Å². The first-order valence-corrected chi connectivity index (χ1v) is 15.4. The molecule has 11 nitrogen and oxygen atoms in total. The van der Waals surface area contributed by atoms with Gasteiger partial charge in [0.1, 0.15) is 11.9 Å². The molecule has 6 rings (SSSR count). The number of nitrogens with one attached hydrogen (secondary N) is 1. The summed E-state index contributed by atoms with van der Waals surface area (Å²) >= 11 is 0. The number of fused-ring (bicyclic) bond motifs is 2. The van der Waals surface area contributed by atoms with Gasteiger partial charge in [0.15, 0.2) is 23.1 Å². The van der Waals surface area contributed by atoms with Gasteiger partial charge < -0.3 is 14.6 Å². The molecule has 3 aromatic heterocycles. The predicted octanol–water partition coefficient (Wildman–Crippen LogP) is 3.96. The first-order valence-electron chi connectivity index (χ1n) is 15.4. The van der Waals surface area contributed by atoms with Crippen molar-refractivity contribution in [2.75, 3.05) is 13.6 Å². The van der Waals surface area contributed by atoms with Crippen molar-refractivity contribution >= 4 is 11.7 Å². The van der Waals surface area contributed by atoms with E-state index in [1.807, 2.05) is 19.9 Å². The second kappa shape index (κ2) is 11.6. The summed E-state index contributed by atoms with van der Waals surface area (Å²) in [5.74, 6) is 2.19. The highest BCUT2D eigenvalue weighted by molar-refractivity contribution is 5.91. The number of carbonyl (C=O) groups is 2. The van der Waals surface area contributed by atoms with Gasteiger partial charge in [0.2, 0.25) is 11.8 Å². The zero-order valence-electron chi connectivity index (χ0n) is 25.1. The fourth-order valence-corrected chi connectivity index (χ4v) is 6.98. The van der Waals surface area contributed by atoms with E-state index in [0.29, 0.717) is 47.1 Å². The average molecular weight is 576 g/mol. The van der Waals surface area contributed by atoms with Crippen LogP contribution in [0.1, 0.15) is 89.2 Å². The molecule has 1 saturated carbocycles. The van der Waals surface area contributed by atoms with Crippen molar-refractivity contribution in [2.45, 2.75) is 109 Å². The van der Waals surface area contributed by atoms with Gasteiger partial charge in [0, 0.05) is 36.3 Å². The average Bonchev–Trinajstić information content (AvgIpc) is 3.70. The van der Waals surface area contributed by atoms with E-state index < -0.39 is 5.41 Å². The molecule has 4 heterocycles. The number of likely N-dealkylation sites (N-methyl/N-ethyl adjacent to an activating group) is 1. The molecule has 2 aliphatic carbocycles. The number of nitrogens with zero attached hydrogens (tertiary/aromatic N) is 6. The van der Waals surface area contributed by atoms with E-state index in [1.54, 1.807) is 16.9 Å². The Labute approximate surface area is 246 Å². The number of aromatic nitrogens is 5. The molecule has 42 heavy (non-hydrogen) atoms. The molecule has 1 N–H and O–H groups in total. The Morgan fingerprint density at radius 1 is 1.17 bits per heavy atom. The van der Waals surface area contributed by atoms with Crippen LogP contribution in [0.5, 0.6) is 5.88 Å². The Bertz CT molecular complexity index is 1460. The molecule has 0 unspecified atom stereocenters. The van der Waals surface area contributed by atoms with Gasteiger partial charge in [-0.3, -0.25) is 14.5 Å². The van der Waals surface area contributed by atoms with Gasteiger partial charge in [-0.05, 0) is 85.4 Å².